The van der Waals surface area contributed by atoms with Gasteiger partial charge in [0.1, 0.15) is 17.9 Å². The number of ether oxygens (including phenoxy) is 1. The molecule has 0 atom stereocenters. The Labute approximate surface area is 183 Å². The van der Waals surface area contributed by atoms with Crippen molar-refractivity contribution in [3.05, 3.63) is 52.8 Å². The molecule has 0 amide bonds. The summed E-state index contributed by atoms with van der Waals surface area (Å²) in [5.74, 6) is 0.0412. The Bertz CT molecular complexity index is 1250. The number of benzene rings is 1. The fraction of sp³-hybridized carbons (Fsp3) is 0.273. The van der Waals surface area contributed by atoms with Gasteiger partial charge in [-0.1, -0.05) is 6.07 Å². The number of fused-ring (bicyclic) bond motifs is 1. The van der Waals surface area contributed by atoms with Crippen LogP contribution in [0.2, 0.25) is 0 Å². The molecule has 9 heteroatoms. The normalized spacial score (nSPS) is 11.1. The van der Waals surface area contributed by atoms with Crippen LogP contribution in [0.15, 0.2) is 36.8 Å². The maximum absolute atomic E-state index is 11.5. The van der Waals surface area contributed by atoms with Crippen LogP contribution in [0.1, 0.15) is 27.7 Å². The molecule has 31 heavy (non-hydrogen) atoms. The van der Waals surface area contributed by atoms with Crippen LogP contribution in [0.4, 0.5) is 5.82 Å². The van der Waals surface area contributed by atoms with Crippen LogP contribution in [0.3, 0.4) is 0 Å². The van der Waals surface area contributed by atoms with E-state index in [1.165, 1.54) is 17.5 Å². The number of nitrogens with zero attached hydrogens (tertiary/aromatic N) is 4. The molecule has 2 N–H and O–H groups in total. The molecule has 0 saturated heterocycles. The first-order valence-corrected chi connectivity index (χ1v) is 10.8. The molecule has 0 saturated carbocycles. The summed E-state index contributed by atoms with van der Waals surface area (Å²) in [6, 6.07) is 7.75. The Morgan fingerprint density at radius 2 is 2.13 bits per heavy atom. The fourth-order valence-electron chi connectivity index (χ4n) is 3.54. The lowest BCUT2D eigenvalue weighted by atomic mass is 10.0. The van der Waals surface area contributed by atoms with Crippen molar-refractivity contribution in [2.45, 2.75) is 20.3 Å². The molecular formula is C22H23N5O3S. The average Bonchev–Trinajstić information content (AvgIpc) is 3.34. The molecular weight excluding hydrogens is 414 g/mol. The van der Waals surface area contributed by atoms with Crippen LogP contribution < -0.4 is 10.1 Å². The molecule has 3 aromatic heterocycles. The van der Waals surface area contributed by atoms with Gasteiger partial charge >= 0.3 is 5.97 Å². The second kappa shape index (κ2) is 8.73. The smallest absolute Gasteiger partial charge is 0.349 e. The summed E-state index contributed by atoms with van der Waals surface area (Å²) >= 11 is 1.14. The van der Waals surface area contributed by atoms with E-state index in [0.29, 0.717) is 30.4 Å². The SMILES string of the molecule is CCOc1cc(-c2cc(NCCc3c(C)ccc4c3cnn4C)ncn2)sc1C(=O)O. The molecule has 1 aromatic carbocycles. The highest BCUT2D eigenvalue weighted by Crippen LogP contribution is 2.36. The molecule has 0 fully saturated rings. The number of aromatic nitrogens is 4. The zero-order valence-electron chi connectivity index (χ0n) is 17.5. The lowest BCUT2D eigenvalue weighted by Gasteiger charge is -2.10. The van der Waals surface area contributed by atoms with E-state index in [1.54, 1.807) is 6.07 Å². The summed E-state index contributed by atoms with van der Waals surface area (Å²) in [7, 11) is 1.94. The summed E-state index contributed by atoms with van der Waals surface area (Å²) in [5, 5.41) is 18.3. The Morgan fingerprint density at radius 3 is 2.90 bits per heavy atom. The van der Waals surface area contributed by atoms with Crippen LogP contribution in [0.25, 0.3) is 21.5 Å². The summed E-state index contributed by atoms with van der Waals surface area (Å²) in [6.45, 7) is 5.03. The number of carboxylic acid groups (broad SMARTS) is 1. The Balaban J connectivity index is 1.51. The van der Waals surface area contributed by atoms with E-state index in [1.807, 2.05) is 30.9 Å². The zero-order chi connectivity index (χ0) is 22.0. The first-order valence-electron chi connectivity index (χ1n) is 9.94. The largest absolute Gasteiger partial charge is 0.492 e. The van der Waals surface area contributed by atoms with Gasteiger partial charge in [0.2, 0.25) is 0 Å². The highest BCUT2D eigenvalue weighted by Gasteiger charge is 2.18. The topological polar surface area (TPSA) is 102 Å². The van der Waals surface area contributed by atoms with Gasteiger partial charge in [-0.15, -0.1) is 11.3 Å². The standard InChI is InChI=1S/C22H23N5O3S/c1-4-30-18-10-19(31-21(18)22(28)29)16-9-20(25-12-24-16)23-8-7-14-13(2)5-6-17-15(14)11-26-27(17)3/h5-6,9-12H,4,7-8H2,1-3H3,(H,28,29)(H,23,24,25). The van der Waals surface area contributed by atoms with Crippen molar-refractivity contribution < 1.29 is 14.6 Å². The minimum Gasteiger partial charge on any atom is -0.492 e. The third-order valence-electron chi connectivity index (χ3n) is 5.07. The number of carboxylic acids is 1. The summed E-state index contributed by atoms with van der Waals surface area (Å²) in [6.07, 6.45) is 4.21. The molecule has 0 aliphatic heterocycles. The van der Waals surface area contributed by atoms with Crippen LogP contribution in [-0.4, -0.2) is 44.0 Å². The third-order valence-corrected chi connectivity index (χ3v) is 6.20. The Morgan fingerprint density at radius 1 is 1.29 bits per heavy atom. The van der Waals surface area contributed by atoms with Crippen molar-refractivity contribution in [3.8, 4) is 16.3 Å². The second-order valence-electron chi connectivity index (χ2n) is 7.07. The van der Waals surface area contributed by atoms with Gasteiger partial charge in [-0.3, -0.25) is 4.68 Å². The summed E-state index contributed by atoms with van der Waals surface area (Å²) in [5.41, 5.74) is 4.26. The van der Waals surface area contributed by atoms with E-state index in [9.17, 15) is 9.90 Å². The summed E-state index contributed by atoms with van der Waals surface area (Å²) < 4.78 is 7.34. The van der Waals surface area contributed by atoms with Gasteiger partial charge in [0.25, 0.3) is 0 Å². The van der Waals surface area contributed by atoms with Crippen LogP contribution in [0, 0.1) is 6.92 Å². The van der Waals surface area contributed by atoms with Gasteiger partial charge in [-0.05, 0) is 37.5 Å². The second-order valence-corrected chi connectivity index (χ2v) is 8.12. The molecule has 0 radical (unpaired) electrons. The molecule has 4 rings (SSSR count). The minimum atomic E-state index is -1.01. The van der Waals surface area contributed by atoms with E-state index >= 15 is 0 Å². The Kier molecular flexibility index (Phi) is 5.85. The van der Waals surface area contributed by atoms with Crippen LogP contribution in [0.5, 0.6) is 5.75 Å². The molecule has 0 aliphatic rings. The molecule has 160 valence electrons. The van der Waals surface area contributed by atoms with Crippen molar-refractivity contribution in [2.24, 2.45) is 7.05 Å². The van der Waals surface area contributed by atoms with Gasteiger partial charge in [-0.2, -0.15) is 5.10 Å². The molecule has 0 spiro atoms. The van der Waals surface area contributed by atoms with Crippen molar-refractivity contribution in [1.29, 1.82) is 0 Å². The fourth-order valence-corrected chi connectivity index (χ4v) is 4.45. The molecule has 0 unspecified atom stereocenters. The first-order chi connectivity index (χ1) is 15.0. The van der Waals surface area contributed by atoms with Gasteiger partial charge in [0.05, 0.1) is 28.9 Å². The Hall–Kier alpha value is -3.46. The number of hydrogen-bond donors (Lipinski definition) is 2. The lowest BCUT2D eigenvalue weighted by molar-refractivity contribution is 0.0698. The van der Waals surface area contributed by atoms with E-state index in [0.717, 1.165) is 33.5 Å². The maximum atomic E-state index is 11.5. The quantitative estimate of drug-likeness (QED) is 0.427. The number of carbonyl (C=O) groups is 1. The van der Waals surface area contributed by atoms with Crippen molar-refractivity contribution in [1.82, 2.24) is 19.7 Å². The summed E-state index contributed by atoms with van der Waals surface area (Å²) in [4.78, 5) is 21.0. The van der Waals surface area contributed by atoms with Crippen LogP contribution >= 0.6 is 11.3 Å². The van der Waals surface area contributed by atoms with Crippen molar-refractivity contribution in [2.75, 3.05) is 18.5 Å². The highest BCUT2D eigenvalue weighted by molar-refractivity contribution is 7.17. The number of anilines is 1. The predicted octanol–water partition coefficient (Wildman–Crippen LogP) is 4.15. The zero-order valence-corrected chi connectivity index (χ0v) is 18.4. The van der Waals surface area contributed by atoms with E-state index in [2.05, 4.69) is 39.4 Å². The lowest BCUT2D eigenvalue weighted by Crippen LogP contribution is -2.08. The van der Waals surface area contributed by atoms with Crippen LogP contribution in [-0.2, 0) is 13.5 Å². The molecule has 4 aromatic rings. The number of rotatable bonds is 8. The van der Waals surface area contributed by atoms with Gasteiger partial charge in [-0.25, -0.2) is 14.8 Å². The maximum Gasteiger partial charge on any atom is 0.349 e. The molecule has 8 nitrogen and oxygen atoms in total. The number of aromatic carboxylic acids is 1. The average molecular weight is 438 g/mol. The first kappa shape index (κ1) is 20.8. The van der Waals surface area contributed by atoms with E-state index in [4.69, 9.17) is 4.74 Å². The monoisotopic (exact) mass is 437 g/mol. The highest BCUT2D eigenvalue weighted by atomic mass is 32.1. The van der Waals surface area contributed by atoms with Crippen molar-refractivity contribution >= 4 is 34.0 Å². The number of nitrogens with one attached hydrogen (secondary N) is 1. The molecule has 3 heterocycles. The molecule has 0 aliphatic carbocycles. The van der Waals surface area contributed by atoms with Gasteiger partial charge < -0.3 is 15.2 Å². The predicted molar refractivity (Wildman–Crippen MR) is 121 cm³/mol. The number of hydrogen-bond acceptors (Lipinski definition) is 7. The van der Waals surface area contributed by atoms with Crippen molar-refractivity contribution in [3.63, 3.8) is 0 Å². The van der Waals surface area contributed by atoms with E-state index < -0.39 is 5.97 Å². The number of aryl methyl sites for hydroxylation is 2. The van der Waals surface area contributed by atoms with E-state index in [-0.39, 0.29) is 4.88 Å². The number of thiophene rings is 1. The van der Waals surface area contributed by atoms with Gasteiger partial charge in [0.15, 0.2) is 4.88 Å². The molecule has 0 bridgehead atoms. The minimum absolute atomic E-state index is 0.171. The third kappa shape index (κ3) is 4.22. The van der Waals surface area contributed by atoms with Gasteiger partial charge in [0, 0.05) is 31.1 Å².